The van der Waals surface area contributed by atoms with Gasteiger partial charge in [-0.2, -0.15) is 0 Å². The van der Waals surface area contributed by atoms with E-state index in [1.807, 2.05) is 6.92 Å². The molecule has 2 rings (SSSR count). The molecule has 74 valence electrons. The minimum absolute atomic E-state index is 0.148. The SMILES string of the molecule is CC1(C(=O)N2CCCO2)CCNC1. The van der Waals surface area contributed by atoms with Crippen molar-refractivity contribution in [3.8, 4) is 0 Å². The highest BCUT2D eigenvalue weighted by Gasteiger charge is 2.40. The molecule has 1 N–H and O–H groups in total. The lowest BCUT2D eigenvalue weighted by Gasteiger charge is -2.26. The number of hydrogen-bond donors (Lipinski definition) is 1. The summed E-state index contributed by atoms with van der Waals surface area (Å²) in [5, 5.41) is 4.75. The van der Waals surface area contributed by atoms with Crippen LogP contribution in [0.15, 0.2) is 0 Å². The lowest BCUT2D eigenvalue weighted by atomic mass is 9.88. The number of carbonyl (C=O) groups is 1. The minimum atomic E-state index is -0.232. The first-order chi connectivity index (χ1) is 6.22. The average Bonchev–Trinajstić information content (AvgIpc) is 2.73. The van der Waals surface area contributed by atoms with Gasteiger partial charge in [0.2, 0.25) is 0 Å². The number of hydrogen-bond acceptors (Lipinski definition) is 3. The largest absolute Gasteiger partial charge is 0.316 e. The number of rotatable bonds is 1. The number of amides is 1. The molecule has 2 aliphatic rings. The Morgan fingerprint density at radius 2 is 2.46 bits per heavy atom. The van der Waals surface area contributed by atoms with Gasteiger partial charge < -0.3 is 5.32 Å². The van der Waals surface area contributed by atoms with Crippen molar-refractivity contribution in [2.45, 2.75) is 19.8 Å². The van der Waals surface area contributed by atoms with Crippen molar-refractivity contribution in [2.75, 3.05) is 26.2 Å². The zero-order chi connectivity index (χ0) is 9.31. The molecular formula is C9H16N2O2. The quantitative estimate of drug-likeness (QED) is 0.630. The maximum atomic E-state index is 11.9. The standard InChI is InChI=1S/C9H16N2O2/c1-9(3-4-10-7-9)8(12)11-5-2-6-13-11/h10H,2-7H2,1H3. The molecule has 0 aromatic heterocycles. The molecule has 1 atom stereocenters. The molecule has 0 radical (unpaired) electrons. The Bertz CT molecular complexity index is 206. The second-order valence-electron chi connectivity index (χ2n) is 4.08. The smallest absolute Gasteiger partial charge is 0.253 e. The van der Waals surface area contributed by atoms with Gasteiger partial charge in [0, 0.05) is 6.54 Å². The molecule has 2 aliphatic heterocycles. The normalized spacial score (nSPS) is 34.1. The number of carbonyl (C=O) groups excluding carboxylic acids is 1. The van der Waals surface area contributed by atoms with Crippen LogP contribution in [0.4, 0.5) is 0 Å². The van der Waals surface area contributed by atoms with Crippen LogP contribution in [0.25, 0.3) is 0 Å². The van der Waals surface area contributed by atoms with E-state index >= 15 is 0 Å². The summed E-state index contributed by atoms with van der Waals surface area (Å²) in [6.45, 7) is 5.18. The van der Waals surface area contributed by atoms with Gasteiger partial charge in [0.25, 0.3) is 5.91 Å². The van der Waals surface area contributed by atoms with Crippen LogP contribution in [0.3, 0.4) is 0 Å². The van der Waals surface area contributed by atoms with E-state index in [1.165, 1.54) is 5.06 Å². The summed E-state index contributed by atoms with van der Waals surface area (Å²) in [6.07, 6.45) is 1.89. The van der Waals surface area contributed by atoms with Crippen LogP contribution in [0.5, 0.6) is 0 Å². The monoisotopic (exact) mass is 184 g/mol. The van der Waals surface area contributed by atoms with Gasteiger partial charge in [-0.15, -0.1) is 0 Å². The Kier molecular flexibility index (Phi) is 2.26. The molecule has 2 fully saturated rings. The maximum Gasteiger partial charge on any atom is 0.253 e. The molecule has 0 spiro atoms. The van der Waals surface area contributed by atoms with Crippen LogP contribution in [-0.4, -0.2) is 37.2 Å². The van der Waals surface area contributed by atoms with Crippen molar-refractivity contribution >= 4 is 5.91 Å². The third-order valence-corrected chi connectivity index (χ3v) is 2.86. The molecule has 2 heterocycles. The second kappa shape index (κ2) is 3.27. The summed E-state index contributed by atoms with van der Waals surface area (Å²) in [7, 11) is 0. The van der Waals surface area contributed by atoms with Crippen molar-refractivity contribution < 1.29 is 9.63 Å². The highest BCUT2D eigenvalue weighted by molar-refractivity contribution is 5.82. The summed E-state index contributed by atoms with van der Waals surface area (Å²) in [5.41, 5.74) is -0.232. The molecule has 13 heavy (non-hydrogen) atoms. The Hall–Kier alpha value is -0.610. The molecular weight excluding hydrogens is 168 g/mol. The topological polar surface area (TPSA) is 41.6 Å². The number of nitrogens with zero attached hydrogens (tertiary/aromatic N) is 1. The fourth-order valence-corrected chi connectivity index (χ4v) is 1.91. The Morgan fingerprint density at radius 3 is 3.00 bits per heavy atom. The van der Waals surface area contributed by atoms with Gasteiger partial charge >= 0.3 is 0 Å². The molecule has 4 nitrogen and oxygen atoms in total. The first-order valence-electron chi connectivity index (χ1n) is 4.88. The van der Waals surface area contributed by atoms with Gasteiger partial charge in [-0.1, -0.05) is 0 Å². The van der Waals surface area contributed by atoms with Crippen molar-refractivity contribution in [3.05, 3.63) is 0 Å². The summed E-state index contributed by atoms with van der Waals surface area (Å²) >= 11 is 0. The van der Waals surface area contributed by atoms with Crippen LogP contribution < -0.4 is 5.32 Å². The van der Waals surface area contributed by atoms with E-state index in [-0.39, 0.29) is 11.3 Å². The van der Waals surface area contributed by atoms with E-state index in [0.717, 1.165) is 32.5 Å². The molecule has 0 aromatic rings. The summed E-state index contributed by atoms with van der Waals surface area (Å²) < 4.78 is 0. The van der Waals surface area contributed by atoms with Gasteiger partial charge in [0.15, 0.2) is 0 Å². The van der Waals surface area contributed by atoms with Gasteiger partial charge in [-0.3, -0.25) is 9.63 Å². The van der Waals surface area contributed by atoms with Crippen molar-refractivity contribution in [1.29, 1.82) is 0 Å². The van der Waals surface area contributed by atoms with Crippen LogP contribution in [0, 0.1) is 5.41 Å². The number of hydroxylamine groups is 2. The maximum absolute atomic E-state index is 11.9. The van der Waals surface area contributed by atoms with E-state index in [2.05, 4.69) is 5.32 Å². The highest BCUT2D eigenvalue weighted by atomic mass is 16.7. The zero-order valence-corrected chi connectivity index (χ0v) is 8.01. The fraction of sp³-hybridized carbons (Fsp3) is 0.889. The fourth-order valence-electron chi connectivity index (χ4n) is 1.91. The molecule has 0 aliphatic carbocycles. The molecule has 0 aromatic carbocycles. The molecule has 0 bridgehead atoms. The average molecular weight is 184 g/mol. The lowest BCUT2D eigenvalue weighted by Crippen LogP contribution is -2.41. The first-order valence-corrected chi connectivity index (χ1v) is 4.88. The lowest BCUT2D eigenvalue weighted by molar-refractivity contribution is -0.178. The Morgan fingerprint density at radius 1 is 1.62 bits per heavy atom. The van der Waals surface area contributed by atoms with Gasteiger partial charge in [0.05, 0.1) is 18.6 Å². The summed E-state index contributed by atoms with van der Waals surface area (Å²) in [6, 6.07) is 0. The minimum Gasteiger partial charge on any atom is -0.316 e. The Labute approximate surface area is 78.2 Å². The van der Waals surface area contributed by atoms with E-state index in [0.29, 0.717) is 6.61 Å². The van der Waals surface area contributed by atoms with E-state index < -0.39 is 0 Å². The van der Waals surface area contributed by atoms with Gasteiger partial charge in [-0.25, -0.2) is 5.06 Å². The van der Waals surface area contributed by atoms with Crippen molar-refractivity contribution in [1.82, 2.24) is 10.4 Å². The third kappa shape index (κ3) is 1.56. The summed E-state index contributed by atoms with van der Waals surface area (Å²) in [4.78, 5) is 17.2. The molecule has 0 saturated carbocycles. The van der Waals surface area contributed by atoms with Crippen LogP contribution in [-0.2, 0) is 9.63 Å². The predicted octanol–water partition coefficient (Wildman–Crippen LogP) is 0.150. The van der Waals surface area contributed by atoms with Gasteiger partial charge in [-0.05, 0) is 26.3 Å². The van der Waals surface area contributed by atoms with Crippen molar-refractivity contribution in [3.63, 3.8) is 0 Å². The second-order valence-corrected chi connectivity index (χ2v) is 4.08. The molecule has 1 unspecified atom stereocenters. The van der Waals surface area contributed by atoms with E-state index in [9.17, 15) is 4.79 Å². The van der Waals surface area contributed by atoms with Crippen molar-refractivity contribution in [2.24, 2.45) is 5.41 Å². The van der Waals surface area contributed by atoms with Crippen LogP contribution in [0.2, 0.25) is 0 Å². The first kappa shape index (κ1) is 8.97. The van der Waals surface area contributed by atoms with Crippen LogP contribution >= 0.6 is 0 Å². The third-order valence-electron chi connectivity index (χ3n) is 2.86. The van der Waals surface area contributed by atoms with Crippen LogP contribution in [0.1, 0.15) is 19.8 Å². The number of nitrogens with one attached hydrogen (secondary N) is 1. The highest BCUT2D eigenvalue weighted by Crippen LogP contribution is 2.28. The molecule has 1 amide bonds. The Balaban J connectivity index is 2.02. The predicted molar refractivity (Wildman–Crippen MR) is 47.9 cm³/mol. The van der Waals surface area contributed by atoms with E-state index in [4.69, 9.17) is 4.84 Å². The zero-order valence-electron chi connectivity index (χ0n) is 8.01. The molecule has 4 heteroatoms. The summed E-state index contributed by atoms with van der Waals surface area (Å²) in [5.74, 6) is 0.148. The molecule has 2 saturated heterocycles. The van der Waals surface area contributed by atoms with Gasteiger partial charge in [0.1, 0.15) is 0 Å². The van der Waals surface area contributed by atoms with E-state index in [1.54, 1.807) is 0 Å².